The number of aryl methyl sites for hydroxylation is 1. The van der Waals surface area contributed by atoms with Gasteiger partial charge in [0.2, 0.25) is 15.9 Å². The summed E-state index contributed by atoms with van der Waals surface area (Å²) in [5.74, 6) is -0.190. The van der Waals surface area contributed by atoms with E-state index < -0.39 is 22.0 Å². The molecule has 0 aliphatic carbocycles. The van der Waals surface area contributed by atoms with Crippen LogP contribution in [-0.2, 0) is 14.8 Å². The molecule has 0 unspecified atom stereocenters. The van der Waals surface area contributed by atoms with E-state index in [2.05, 4.69) is 10.0 Å². The van der Waals surface area contributed by atoms with Crippen LogP contribution in [0.3, 0.4) is 0 Å². The number of hydrogen-bond acceptors (Lipinski definition) is 3. The van der Waals surface area contributed by atoms with E-state index in [1.807, 2.05) is 39.0 Å². The summed E-state index contributed by atoms with van der Waals surface area (Å²) in [5, 5.41) is 3.30. The van der Waals surface area contributed by atoms with Crippen LogP contribution in [0.2, 0.25) is 5.02 Å². The van der Waals surface area contributed by atoms with Gasteiger partial charge in [0.1, 0.15) is 0 Å². The zero-order chi connectivity index (χ0) is 19.5. The Morgan fingerprint density at radius 1 is 1.04 bits per heavy atom. The van der Waals surface area contributed by atoms with Crippen LogP contribution in [0.25, 0.3) is 0 Å². The van der Waals surface area contributed by atoms with E-state index in [9.17, 15) is 13.2 Å². The predicted molar refractivity (Wildman–Crippen MR) is 105 cm³/mol. The van der Waals surface area contributed by atoms with Crippen LogP contribution in [0.5, 0.6) is 0 Å². The van der Waals surface area contributed by atoms with Gasteiger partial charge in [-0.2, -0.15) is 4.72 Å². The molecular weight excluding hydrogens is 372 g/mol. The standard InChI is InChI=1S/C19H23ClN2O3S/c1-12(2)17-7-5-6-13(3)18(17)21-19(23)14(4)22-26(24,25)16-10-8-15(20)9-11-16/h5-12,14,22H,1-4H3,(H,21,23)/t14-/m0/s1. The van der Waals surface area contributed by atoms with Gasteiger partial charge in [-0.15, -0.1) is 0 Å². The van der Waals surface area contributed by atoms with Gasteiger partial charge in [-0.3, -0.25) is 4.79 Å². The summed E-state index contributed by atoms with van der Waals surface area (Å²) in [7, 11) is -3.82. The fraction of sp³-hybridized carbons (Fsp3) is 0.316. The Bertz CT molecular complexity index is 894. The number of carbonyl (C=O) groups is 1. The van der Waals surface area contributed by atoms with Gasteiger partial charge >= 0.3 is 0 Å². The number of benzene rings is 2. The van der Waals surface area contributed by atoms with Gasteiger partial charge in [0.05, 0.1) is 10.9 Å². The number of hydrogen-bond donors (Lipinski definition) is 2. The SMILES string of the molecule is Cc1cccc(C(C)C)c1NC(=O)[C@H](C)NS(=O)(=O)c1ccc(Cl)cc1. The highest BCUT2D eigenvalue weighted by Gasteiger charge is 2.23. The lowest BCUT2D eigenvalue weighted by Crippen LogP contribution is -2.41. The van der Waals surface area contributed by atoms with Gasteiger partial charge in [0.25, 0.3) is 0 Å². The second-order valence-electron chi connectivity index (χ2n) is 6.48. The molecule has 2 aromatic rings. The maximum Gasteiger partial charge on any atom is 0.242 e. The van der Waals surface area contributed by atoms with Crippen molar-refractivity contribution in [3.63, 3.8) is 0 Å². The number of anilines is 1. The molecule has 0 aromatic heterocycles. The molecule has 0 spiro atoms. The summed E-state index contributed by atoms with van der Waals surface area (Å²) in [6, 6.07) is 10.6. The first-order valence-corrected chi connectivity index (χ1v) is 10.2. The van der Waals surface area contributed by atoms with Crippen molar-refractivity contribution in [3.05, 3.63) is 58.6 Å². The van der Waals surface area contributed by atoms with Crippen molar-refractivity contribution in [1.82, 2.24) is 4.72 Å². The van der Waals surface area contributed by atoms with Crippen molar-refractivity contribution in [2.45, 2.75) is 44.6 Å². The van der Waals surface area contributed by atoms with Crippen molar-refractivity contribution in [3.8, 4) is 0 Å². The molecule has 26 heavy (non-hydrogen) atoms. The fourth-order valence-electron chi connectivity index (χ4n) is 2.54. The molecule has 0 radical (unpaired) electrons. The summed E-state index contributed by atoms with van der Waals surface area (Å²) >= 11 is 5.78. The first kappa shape index (κ1) is 20.4. The average molecular weight is 395 g/mol. The van der Waals surface area contributed by atoms with E-state index in [4.69, 9.17) is 11.6 Å². The van der Waals surface area contributed by atoms with Gasteiger partial charge in [0, 0.05) is 10.7 Å². The number of nitrogens with one attached hydrogen (secondary N) is 2. The Kier molecular flexibility index (Phi) is 6.44. The molecule has 140 valence electrons. The number of rotatable bonds is 6. The van der Waals surface area contributed by atoms with Crippen LogP contribution >= 0.6 is 11.6 Å². The normalized spacial score (nSPS) is 12.8. The van der Waals surface area contributed by atoms with Gasteiger partial charge < -0.3 is 5.32 Å². The summed E-state index contributed by atoms with van der Waals surface area (Å²) in [6.45, 7) is 7.49. The van der Waals surface area contributed by atoms with Gasteiger partial charge in [-0.25, -0.2) is 8.42 Å². The zero-order valence-electron chi connectivity index (χ0n) is 15.2. The molecule has 2 aromatic carbocycles. The molecule has 0 aliphatic heterocycles. The zero-order valence-corrected chi connectivity index (χ0v) is 16.8. The molecule has 1 atom stereocenters. The number of amides is 1. The highest BCUT2D eigenvalue weighted by molar-refractivity contribution is 7.89. The molecule has 0 fully saturated rings. The molecular formula is C19H23ClN2O3S. The topological polar surface area (TPSA) is 75.3 Å². The van der Waals surface area contributed by atoms with Crippen LogP contribution in [0.1, 0.15) is 37.8 Å². The molecule has 7 heteroatoms. The summed E-state index contributed by atoms with van der Waals surface area (Å²) in [4.78, 5) is 12.6. The van der Waals surface area contributed by atoms with Crippen LogP contribution < -0.4 is 10.0 Å². The van der Waals surface area contributed by atoms with Crippen LogP contribution in [0.4, 0.5) is 5.69 Å². The molecule has 2 N–H and O–H groups in total. The summed E-state index contributed by atoms with van der Waals surface area (Å²) in [5.41, 5.74) is 2.66. The Morgan fingerprint density at radius 2 is 1.65 bits per heavy atom. The Hall–Kier alpha value is -1.89. The first-order chi connectivity index (χ1) is 12.1. The third-order valence-electron chi connectivity index (χ3n) is 4.02. The van der Waals surface area contributed by atoms with Crippen molar-refractivity contribution in [1.29, 1.82) is 0 Å². The third kappa shape index (κ3) is 4.84. The maximum atomic E-state index is 12.5. The van der Waals surface area contributed by atoms with E-state index in [-0.39, 0.29) is 10.8 Å². The van der Waals surface area contributed by atoms with Crippen molar-refractivity contribution >= 4 is 33.2 Å². The van der Waals surface area contributed by atoms with E-state index in [1.165, 1.54) is 31.2 Å². The van der Waals surface area contributed by atoms with Crippen LogP contribution in [0, 0.1) is 6.92 Å². The van der Waals surface area contributed by atoms with Crippen LogP contribution in [-0.4, -0.2) is 20.4 Å². The quantitative estimate of drug-likeness (QED) is 0.775. The monoisotopic (exact) mass is 394 g/mol. The third-order valence-corrected chi connectivity index (χ3v) is 5.83. The summed E-state index contributed by atoms with van der Waals surface area (Å²) in [6.07, 6.45) is 0. The molecule has 0 bridgehead atoms. The Balaban J connectivity index is 2.17. The molecule has 0 saturated carbocycles. The number of carbonyl (C=O) groups excluding carboxylic acids is 1. The molecule has 0 heterocycles. The second-order valence-corrected chi connectivity index (χ2v) is 8.63. The lowest BCUT2D eigenvalue weighted by molar-refractivity contribution is -0.117. The van der Waals surface area contributed by atoms with Gasteiger partial charge in [-0.1, -0.05) is 43.6 Å². The average Bonchev–Trinajstić information content (AvgIpc) is 2.56. The van der Waals surface area contributed by atoms with Crippen molar-refractivity contribution < 1.29 is 13.2 Å². The lowest BCUT2D eigenvalue weighted by atomic mass is 9.98. The van der Waals surface area contributed by atoms with E-state index in [0.717, 1.165) is 16.8 Å². The maximum absolute atomic E-state index is 12.5. The summed E-state index contributed by atoms with van der Waals surface area (Å²) < 4.78 is 27.2. The minimum atomic E-state index is -3.82. The van der Waals surface area contributed by atoms with Crippen molar-refractivity contribution in [2.75, 3.05) is 5.32 Å². The molecule has 2 rings (SSSR count). The molecule has 5 nitrogen and oxygen atoms in total. The lowest BCUT2D eigenvalue weighted by Gasteiger charge is -2.19. The molecule has 0 saturated heterocycles. The van der Waals surface area contributed by atoms with Gasteiger partial charge in [-0.05, 0) is 55.2 Å². The number of sulfonamides is 1. The Morgan fingerprint density at radius 3 is 2.23 bits per heavy atom. The highest BCUT2D eigenvalue weighted by Crippen LogP contribution is 2.27. The van der Waals surface area contributed by atoms with Crippen LogP contribution in [0.15, 0.2) is 47.4 Å². The second kappa shape index (κ2) is 8.20. The first-order valence-electron chi connectivity index (χ1n) is 8.30. The van der Waals surface area contributed by atoms with E-state index >= 15 is 0 Å². The highest BCUT2D eigenvalue weighted by atomic mass is 35.5. The minimum absolute atomic E-state index is 0.0558. The predicted octanol–water partition coefficient (Wildman–Crippen LogP) is 4.08. The van der Waals surface area contributed by atoms with E-state index in [0.29, 0.717) is 5.02 Å². The number of para-hydroxylation sites is 1. The molecule has 0 aliphatic rings. The fourth-order valence-corrected chi connectivity index (χ4v) is 3.87. The minimum Gasteiger partial charge on any atom is -0.324 e. The largest absolute Gasteiger partial charge is 0.324 e. The Labute approximate surface area is 159 Å². The number of halogens is 1. The van der Waals surface area contributed by atoms with Gasteiger partial charge in [0.15, 0.2) is 0 Å². The molecule has 1 amide bonds. The van der Waals surface area contributed by atoms with E-state index in [1.54, 1.807) is 0 Å². The smallest absolute Gasteiger partial charge is 0.242 e. The van der Waals surface area contributed by atoms with Crippen molar-refractivity contribution in [2.24, 2.45) is 0 Å².